The summed E-state index contributed by atoms with van der Waals surface area (Å²) in [7, 11) is 0. The summed E-state index contributed by atoms with van der Waals surface area (Å²) in [6.07, 6.45) is 1.20. The summed E-state index contributed by atoms with van der Waals surface area (Å²) in [6.45, 7) is 3.39. The Morgan fingerprint density at radius 2 is 1.89 bits per heavy atom. The predicted octanol–water partition coefficient (Wildman–Crippen LogP) is 3.55. The summed E-state index contributed by atoms with van der Waals surface area (Å²) in [5, 5.41) is 9.79. The number of ether oxygens (including phenoxy) is 1. The van der Waals surface area contributed by atoms with Gasteiger partial charge < -0.3 is 9.84 Å². The van der Waals surface area contributed by atoms with Crippen LogP contribution in [0.3, 0.4) is 0 Å². The van der Waals surface area contributed by atoms with E-state index in [2.05, 4.69) is 6.58 Å². The van der Waals surface area contributed by atoms with Crippen LogP contribution in [0.2, 0.25) is 0 Å². The summed E-state index contributed by atoms with van der Waals surface area (Å²) in [6, 6.07) is 13.6. The Hall–Kier alpha value is -2.55. The third-order valence-corrected chi connectivity index (χ3v) is 2.40. The van der Waals surface area contributed by atoms with E-state index in [-0.39, 0.29) is 11.5 Å². The van der Waals surface area contributed by atoms with E-state index in [0.29, 0.717) is 17.1 Å². The number of phenols is 1. The molecule has 0 heterocycles. The number of hydrogen-bond acceptors (Lipinski definition) is 3. The Bertz CT molecular complexity index is 574. The summed E-state index contributed by atoms with van der Waals surface area (Å²) in [5.41, 5.74) is 0.378. The Balaban J connectivity index is 2.25. The summed E-state index contributed by atoms with van der Waals surface area (Å²) < 4.78 is 5.49. The third kappa shape index (κ3) is 2.58. The molecule has 0 unspecified atom stereocenters. The molecule has 0 bridgehead atoms. The molecule has 3 nitrogen and oxygen atoms in total. The second kappa shape index (κ2) is 5.19. The van der Waals surface area contributed by atoms with Gasteiger partial charge in [0, 0.05) is 5.56 Å². The minimum atomic E-state index is -0.239. The maximum Gasteiger partial charge on any atom is 0.185 e. The van der Waals surface area contributed by atoms with Crippen LogP contribution in [-0.2, 0) is 0 Å². The van der Waals surface area contributed by atoms with Gasteiger partial charge in [-0.15, -0.1) is 0 Å². The lowest BCUT2D eigenvalue weighted by molar-refractivity contribution is 0.104. The van der Waals surface area contributed by atoms with Gasteiger partial charge >= 0.3 is 0 Å². The highest BCUT2D eigenvalue weighted by atomic mass is 16.5. The smallest absolute Gasteiger partial charge is 0.185 e. The summed E-state index contributed by atoms with van der Waals surface area (Å²) in [4.78, 5) is 11.4. The van der Waals surface area contributed by atoms with Crippen LogP contribution in [0.15, 0.2) is 61.2 Å². The number of ketones is 1. The zero-order valence-corrected chi connectivity index (χ0v) is 9.67. The average molecular weight is 240 g/mol. The van der Waals surface area contributed by atoms with Crippen LogP contribution < -0.4 is 4.74 Å². The molecule has 1 N–H and O–H groups in total. The molecule has 2 aromatic rings. The zero-order chi connectivity index (χ0) is 13.0. The second-order valence-corrected chi connectivity index (χ2v) is 3.67. The van der Waals surface area contributed by atoms with Crippen molar-refractivity contribution in [2.24, 2.45) is 0 Å². The quantitative estimate of drug-likeness (QED) is 0.656. The van der Waals surface area contributed by atoms with Gasteiger partial charge in [-0.1, -0.05) is 24.8 Å². The Morgan fingerprint density at radius 1 is 1.17 bits per heavy atom. The topological polar surface area (TPSA) is 46.5 Å². The van der Waals surface area contributed by atoms with Gasteiger partial charge in [-0.25, -0.2) is 0 Å². The van der Waals surface area contributed by atoms with Crippen LogP contribution in [0.25, 0.3) is 0 Å². The Kier molecular flexibility index (Phi) is 3.44. The standard InChI is InChI=1S/C15H12O3/c1-2-13(16)11-8-9-15(14(17)10-11)18-12-6-4-3-5-7-12/h2-10,17H,1H2. The molecule has 0 aliphatic rings. The molecule has 2 rings (SSSR count). The van der Waals surface area contributed by atoms with E-state index < -0.39 is 0 Å². The lowest BCUT2D eigenvalue weighted by Gasteiger charge is -2.08. The zero-order valence-electron chi connectivity index (χ0n) is 9.67. The first-order chi connectivity index (χ1) is 8.70. The fourth-order valence-corrected chi connectivity index (χ4v) is 1.49. The minimum absolute atomic E-state index is 0.0773. The van der Waals surface area contributed by atoms with Gasteiger partial charge in [-0.2, -0.15) is 0 Å². The molecule has 0 fully saturated rings. The monoisotopic (exact) mass is 240 g/mol. The molecule has 18 heavy (non-hydrogen) atoms. The van der Waals surface area contributed by atoms with E-state index in [1.807, 2.05) is 18.2 Å². The first kappa shape index (κ1) is 11.9. The van der Waals surface area contributed by atoms with Crippen molar-refractivity contribution in [1.82, 2.24) is 0 Å². The van der Waals surface area contributed by atoms with Gasteiger partial charge in [-0.05, 0) is 36.4 Å². The lowest BCUT2D eigenvalue weighted by atomic mass is 10.1. The van der Waals surface area contributed by atoms with Gasteiger partial charge in [0.05, 0.1) is 0 Å². The Labute approximate surface area is 105 Å². The number of carbonyl (C=O) groups excluding carboxylic acids is 1. The highest BCUT2D eigenvalue weighted by Gasteiger charge is 2.08. The number of phenolic OH excluding ortho intramolecular Hbond substituents is 1. The van der Waals surface area contributed by atoms with E-state index in [4.69, 9.17) is 4.74 Å². The molecule has 0 amide bonds. The van der Waals surface area contributed by atoms with E-state index in [1.54, 1.807) is 24.3 Å². The molecule has 0 saturated heterocycles. The van der Waals surface area contributed by atoms with Gasteiger partial charge in [0.2, 0.25) is 0 Å². The van der Waals surface area contributed by atoms with Crippen molar-refractivity contribution in [2.45, 2.75) is 0 Å². The number of aromatic hydroxyl groups is 1. The van der Waals surface area contributed by atoms with Crippen LogP contribution >= 0.6 is 0 Å². The fourth-order valence-electron chi connectivity index (χ4n) is 1.49. The molecular weight excluding hydrogens is 228 g/mol. The minimum Gasteiger partial charge on any atom is -0.504 e. The van der Waals surface area contributed by atoms with Crippen molar-refractivity contribution < 1.29 is 14.6 Å². The van der Waals surface area contributed by atoms with Crippen molar-refractivity contribution in [3.8, 4) is 17.2 Å². The van der Waals surface area contributed by atoms with Crippen LogP contribution in [0.4, 0.5) is 0 Å². The molecule has 0 aliphatic heterocycles. The average Bonchev–Trinajstić information content (AvgIpc) is 2.41. The fraction of sp³-hybridized carbons (Fsp3) is 0. The normalized spacial score (nSPS) is 9.78. The number of rotatable bonds is 4. The highest BCUT2D eigenvalue weighted by molar-refractivity contribution is 6.04. The molecule has 0 radical (unpaired) electrons. The maximum absolute atomic E-state index is 11.4. The molecular formula is C15H12O3. The highest BCUT2D eigenvalue weighted by Crippen LogP contribution is 2.31. The van der Waals surface area contributed by atoms with Gasteiger partial charge in [0.1, 0.15) is 5.75 Å². The van der Waals surface area contributed by atoms with Crippen molar-refractivity contribution in [1.29, 1.82) is 0 Å². The van der Waals surface area contributed by atoms with Crippen molar-refractivity contribution in [3.63, 3.8) is 0 Å². The van der Waals surface area contributed by atoms with Crippen LogP contribution in [0, 0.1) is 0 Å². The Morgan fingerprint density at radius 3 is 2.50 bits per heavy atom. The number of para-hydroxylation sites is 1. The first-order valence-corrected chi connectivity index (χ1v) is 5.43. The molecule has 0 saturated carbocycles. The van der Waals surface area contributed by atoms with Crippen molar-refractivity contribution in [3.05, 3.63) is 66.7 Å². The predicted molar refractivity (Wildman–Crippen MR) is 69.2 cm³/mol. The SMILES string of the molecule is C=CC(=O)c1ccc(Oc2ccccc2)c(O)c1. The van der Waals surface area contributed by atoms with E-state index >= 15 is 0 Å². The molecule has 0 atom stereocenters. The summed E-state index contributed by atoms with van der Waals surface area (Å²) in [5.74, 6) is 0.612. The van der Waals surface area contributed by atoms with Gasteiger partial charge in [0.15, 0.2) is 17.3 Å². The number of hydrogen-bond donors (Lipinski definition) is 1. The maximum atomic E-state index is 11.4. The van der Waals surface area contributed by atoms with Gasteiger partial charge in [-0.3, -0.25) is 4.79 Å². The van der Waals surface area contributed by atoms with Gasteiger partial charge in [0.25, 0.3) is 0 Å². The first-order valence-electron chi connectivity index (χ1n) is 5.43. The van der Waals surface area contributed by atoms with Crippen LogP contribution in [0.5, 0.6) is 17.2 Å². The number of benzene rings is 2. The molecule has 0 spiro atoms. The van der Waals surface area contributed by atoms with Crippen molar-refractivity contribution in [2.75, 3.05) is 0 Å². The molecule has 2 aromatic carbocycles. The summed E-state index contributed by atoms with van der Waals surface area (Å²) >= 11 is 0. The molecule has 90 valence electrons. The van der Waals surface area contributed by atoms with E-state index in [9.17, 15) is 9.90 Å². The molecule has 3 heteroatoms. The third-order valence-electron chi connectivity index (χ3n) is 2.40. The number of carbonyl (C=O) groups is 1. The lowest BCUT2D eigenvalue weighted by Crippen LogP contribution is -1.93. The van der Waals surface area contributed by atoms with Crippen LogP contribution in [0.1, 0.15) is 10.4 Å². The molecule has 0 aliphatic carbocycles. The number of allylic oxidation sites excluding steroid dienone is 1. The van der Waals surface area contributed by atoms with Crippen molar-refractivity contribution >= 4 is 5.78 Å². The second-order valence-electron chi connectivity index (χ2n) is 3.67. The molecule has 0 aromatic heterocycles. The van der Waals surface area contributed by atoms with E-state index in [0.717, 1.165) is 0 Å². The van der Waals surface area contributed by atoms with E-state index in [1.165, 1.54) is 12.1 Å². The largest absolute Gasteiger partial charge is 0.504 e. The van der Waals surface area contributed by atoms with Crippen LogP contribution in [-0.4, -0.2) is 10.9 Å².